The maximum absolute atomic E-state index is 12.5. The van der Waals surface area contributed by atoms with Gasteiger partial charge < -0.3 is 9.84 Å². The molecule has 0 aliphatic heterocycles. The molecule has 1 saturated carbocycles. The molecular weight excluding hydrogens is 290 g/mol. The summed E-state index contributed by atoms with van der Waals surface area (Å²) in [7, 11) is -2.08. The minimum Gasteiger partial charge on any atom is -0.496 e. The van der Waals surface area contributed by atoms with E-state index in [4.69, 9.17) is 4.74 Å². The average Bonchev–Trinajstić information content (AvgIpc) is 2.48. The first-order valence-electron chi connectivity index (χ1n) is 7.28. The van der Waals surface area contributed by atoms with Gasteiger partial charge in [0.05, 0.1) is 18.6 Å². The zero-order chi connectivity index (χ0) is 15.5. The molecule has 21 heavy (non-hydrogen) atoms. The van der Waals surface area contributed by atoms with Crippen LogP contribution < -0.4 is 9.46 Å². The van der Waals surface area contributed by atoms with E-state index < -0.39 is 10.0 Å². The Morgan fingerprint density at radius 1 is 1.33 bits per heavy atom. The number of hydrogen-bond acceptors (Lipinski definition) is 4. The van der Waals surface area contributed by atoms with Crippen molar-refractivity contribution in [2.75, 3.05) is 7.11 Å². The number of ether oxygens (including phenoxy) is 1. The predicted octanol–water partition coefficient (Wildman–Crippen LogP) is 2.04. The molecule has 2 rings (SSSR count). The van der Waals surface area contributed by atoms with Gasteiger partial charge in [-0.05, 0) is 37.0 Å². The summed E-state index contributed by atoms with van der Waals surface area (Å²) >= 11 is 0. The molecule has 2 unspecified atom stereocenters. The highest BCUT2D eigenvalue weighted by Crippen LogP contribution is 2.27. The van der Waals surface area contributed by atoms with Gasteiger partial charge in [0, 0.05) is 11.6 Å². The van der Waals surface area contributed by atoms with E-state index in [1.807, 2.05) is 0 Å². The van der Waals surface area contributed by atoms with Crippen LogP contribution in [0.4, 0.5) is 0 Å². The zero-order valence-corrected chi connectivity index (χ0v) is 13.3. The third-order valence-corrected chi connectivity index (χ3v) is 5.64. The second-order valence-corrected chi connectivity index (χ2v) is 7.34. The summed E-state index contributed by atoms with van der Waals surface area (Å²) < 4.78 is 32.9. The number of hydrogen-bond donors (Lipinski definition) is 2. The second-order valence-electron chi connectivity index (χ2n) is 5.62. The standard InChI is InChI=1S/C15H23NO4S/c1-11-5-3-4-6-14(11)16-21(18,19)13-7-8-15(20-2)12(9-13)10-17/h7-9,11,14,16-17H,3-6,10H2,1-2H3. The topological polar surface area (TPSA) is 75.6 Å². The van der Waals surface area contributed by atoms with Crippen LogP contribution in [0, 0.1) is 5.92 Å². The number of methoxy groups -OCH3 is 1. The summed E-state index contributed by atoms with van der Waals surface area (Å²) in [6.45, 7) is 1.83. The van der Waals surface area contributed by atoms with Crippen molar-refractivity contribution in [2.45, 2.75) is 50.2 Å². The third-order valence-electron chi connectivity index (χ3n) is 4.15. The molecule has 0 bridgehead atoms. The summed E-state index contributed by atoms with van der Waals surface area (Å²) in [6.07, 6.45) is 4.15. The highest BCUT2D eigenvalue weighted by atomic mass is 32.2. The molecule has 1 fully saturated rings. The summed E-state index contributed by atoms with van der Waals surface area (Å²) in [6, 6.07) is 4.54. The number of sulfonamides is 1. The number of aliphatic hydroxyl groups excluding tert-OH is 1. The fraction of sp³-hybridized carbons (Fsp3) is 0.600. The first-order valence-corrected chi connectivity index (χ1v) is 8.76. The molecule has 0 radical (unpaired) electrons. The molecule has 2 atom stereocenters. The summed E-state index contributed by atoms with van der Waals surface area (Å²) in [4.78, 5) is 0.171. The Hall–Kier alpha value is -1.11. The van der Waals surface area contributed by atoms with E-state index in [9.17, 15) is 13.5 Å². The van der Waals surface area contributed by atoms with E-state index >= 15 is 0 Å². The number of benzene rings is 1. The van der Waals surface area contributed by atoms with Crippen molar-refractivity contribution in [3.8, 4) is 5.75 Å². The molecule has 1 aliphatic rings. The van der Waals surface area contributed by atoms with E-state index in [1.54, 1.807) is 6.07 Å². The molecular formula is C15H23NO4S. The lowest BCUT2D eigenvalue weighted by molar-refractivity contribution is 0.273. The maximum atomic E-state index is 12.5. The number of nitrogens with one attached hydrogen (secondary N) is 1. The number of rotatable bonds is 5. The maximum Gasteiger partial charge on any atom is 0.240 e. The monoisotopic (exact) mass is 313 g/mol. The van der Waals surface area contributed by atoms with Gasteiger partial charge in [-0.25, -0.2) is 13.1 Å². The number of aliphatic hydroxyl groups is 1. The first kappa shape index (κ1) is 16.3. The summed E-state index contributed by atoms with van der Waals surface area (Å²) in [5, 5.41) is 9.31. The van der Waals surface area contributed by atoms with Gasteiger partial charge >= 0.3 is 0 Å². The van der Waals surface area contributed by atoms with Gasteiger partial charge in [-0.15, -0.1) is 0 Å². The van der Waals surface area contributed by atoms with Gasteiger partial charge in [0.1, 0.15) is 5.75 Å². The summed E-state index contributed by atoms with van der Waals surface area (Å²) in [5.74, 6) is 0.839. The Bertz CT molecular complexity index is 585. The molecule has 1 aromatic carbocycles. The van der Waals surface area contributed by atoms with Gasteiger partial charge in [0.2, 0.25) is 10.0 Å². The van der Waals surface area contributed by atoms with Crippen molar-refractivity contribution in [1.82, 2.24) is 4.72 Å². The van der Waals surface area contributed by atoms with Gasteiger partial charge in [-0.1, -0.05) is 19.8 Å². The van der Waals surface area contributed by atoms with Crippen molar-refractivity contribution in [3.05, 3.63) is 23.8 Å². The van der Waals surface area contributed by atoms with Crippen molar-refractivity contribution in [2.24, 2.45) is 5.92 Å². The van der Waals surface area contributed by atoms with Gasteiger partial charge in [0.25, 0.3) is 0 Å². The lowest BCUT2D eigenvalue weighted by Gasteiger charge is -2.29. The highest BCUT2D eigenvalue weighted by molar-refractivity contribution is 7.89. The molecule has 0 saturated heterocycles. The quantitative estimate of drug-likeness (QED) is 0.872. The molecule has 2 N–H and O–H groups in total. The minimum absolute atomic E-state index is 0.0107. The summed E-state index contributed by atoms with van der Waals surface area (Å²) in [5.41, 5.74) is 0.470. The van der Waals surface area contributed by atoms with E-state index in [0.717, 1.165) is 25.7 Å². The van der Waals surface area contributed by atoms with Gasteiger partial charge in [-0.2, -0.15) is 0 Å². The molecule has 5 nitrogen and oxygen atoms in total. The van der Waals surface area contributed by atoms with E-state index in [2.05, 4.69) is 11.6 Å². The van der Waals surface area contributed by atoms with E-state index in [1.165, 1.54) is 19.2 Å². The first-order chi connectivity index (χ1) is 9.97. The minimum atomic E-state index is -3.57. The molecule has 118 valence electrons. The van der Waals surface area contributed by atoms with Crippen LogP contribution in [-0.2, 0) is 16.6 Å². The lowest BCUT2D eigenvalue weighted by Crippen LogP contribution is -2.41. The Kier molecular flexibility index (Phi) is 5.24. The predicted molar refractivity (Wildman–Crippen MR) is 80.7 cm³/mol. The highest BCUT2D eigenvalue weighted by Gasteiger charge is 2.27. The SMILES string of the molecule is COc1ccc(S(=O)(=O)NC2CCCCC2C)cc1CO. The fourth-order valence-corrected chi connectivity index (χ4v) is 4.23. The third kappa shape index (κ3) is 3.75. The molecule has 0 aromatic heterocycles. The van der Waals surface area contributed by atoms with Crippen LogP contribution in [0.1, 0.15) is 38.2 Å². The van der Waals surface area contributed by atoms with Crippen LogP contribution in [0.2, 0.25) is 0 Å². The lowest BCUT2D eigenvalue weighted by atomic mass is 9.87. The average molecular weight is 313 g/mol. The molecule has 0 heterocycles. The van der Waals surface area contributed by atoms with Crippen molar-refractivity contribution >= 4 is 10.0 Å². The normalized spacial score (nSPS) is 23.0. The van der Waals surface area contributed by atoms with Crippen LogP contribution in [0.25, 0.3) is 0 Å². The Morgan fingerprint density at radius 3 is 2.67 bits per heavy atom. The largest absolute Gasteiger partial charge is 0.496 e. The van der Waals surface area contributed by atoms with Gasteiger partial charge in [0.15, 0.2) is 0 Å². The van der Waals surface area contributed by atoms with Gasteiger partial charge in [-0.3, -0.25) is 0 Å². The molecule has 0 spiro atoms. The molecule has 6 heteroatoms. The zero-order valence-electron chi connectivity index (χ0n) is 12.5. The van der Waals surface area contributed by atoms with Crippen molar-refractivity contribution in [1.29, 1.82) is 0 Å². The van der Waals surface area contributed by atoms with E-state index in [0.29, 0.717) is 17.2 Å². The fourth-order valence-electron chi connectivity index (χ4n) is 2.80. The van der Waals surface area contributed by atoms with Crippen LogP contribution in [-0.4, -0.2) is 26.7 Å². The molecule has 1 aromatic rings. The van der Waals surface area contributed by atoms with Crippen LogP contribution >= 0.6 is 0 Å². The molecule has 1 aliphatic carbocycles. The second kappa shape index (κ2) is 6.77. The Balaban J connectivity index is 2.22. The van der Waals surface area contributed by atoms with Crippen molar-refractivity contribution in [3.63, 3.8) is 0 Å². The Labute approximate surface area is 126 Å². The van der Waals surface area contributed by atoms with Crippen LogP contribution in [0.15, 0.2) is 23.1 Å². The smallest absolute Gasteiger partial charge is 0.240 e. The molecule has 0 amide bonds. The van der Waals surface area contributed by atoms with Crippen LogP contribution in [0.5, 0.6) is 5.75 Å². The Morgan fingerprint density at radius 2 is 2.05 bits per heavy atom. The van der Waals surface area contributed by atoms with Crippen LogP contribution in [0.3, 0.4) is 0 Å². The van der Waals surface area contributed by atoms with Crippen molar-refractivity contribution < 1.29 is 18.3 Å². The van der Waals surface area contributed by atoms with E-state index in [-0.39, 0.29) is 17.5 Å².